The van der Waals surface area contributed by atoms with Crippen LogP contribution in [0.25, 0.3) is 0 Å². The summed E-state index contributed by atoms with van der Waals surface area (Å²) < 4.78 is 26.0. The van der Waals surface area contributed by atoms with Crippen LogP contribution >= 0.6 is 11.8 Å². The van der Waals surface area contributed by atoms with Crippen molar-refractivity contribution < 1.29 is 13.6 Å². The van der Waals surface area contributed by atoms with Crippen LogP contribution in [0.5, 0.6) is 0 Å². The van der Waals surface area contributed by atoms with Crippen LogP contribution in [-0.2, 0) is 4.79 Å². The fraction of sp³-hybridized carbons (Fsp3) is 0.533. The lowest BCUT2D eigenvalue weighted by atomic mass is 9.97. The van der Waals surface area contributed by atoms with Crippen molar-refractivity contribution in [3.63, 3.8) is 0 Å². The molecule has 1 aliphatic heterocycles. The van der Waals surface area contributed by atoms with Crippen molar-refractivity contribution in [1.29, 1.82) is 0 Å². The van der Waals surface area contributed by atoms with Gasteiger partial charge in [0.2, 0.25) is 5.91 Å². The molecule has 1 aromatic rings. The van der Waals surface area contributed by atoms with E-state index in [2.05, 4.69) is 0 Å². The smallest absolute Gasteiger partial charge is 0.233 e. The minimum atomic E-state index is -0.890. The number of amides is 1. The molecule has 0 spiro atoms. The highest BCUT2D eigenvalue weighted by Gasteiger charge is 2.28. The van der Waals surface area contributed by atoms with E-state index in [0.29, 0.717) is 4.90 Å². The van der Waals surface area contributed by atoms with E-state index >= 15 is 0 Å². The molecule has 21 heavy (non-hydrogen) atoms. The van der Waals surface area contributed by atoms with Gasteiger partial charge >= 0.3 is 0 Å². The van der Waals surface area contributed by atoms with Gasteiger partial charge in [-0.25, -0.2) is 8.78 Å². The van der Waals surface area contributed by atoms with Crippen molar-refractivity contribution in [2.24, 2.45) is 5.73 Å². The van der Waals surface area contributed by atoms with Gasteiger partial charge in [-0.3, -0.25) is 4.79 Å². The zero-order valence-electron chi connectivity index (χ0n) is 12.0. The molecular weight excluding hydrogens is 294 g/mol. The van der Waals surface area contributed by atoms with Crippen LogP contribution in [0.1, 0.15) is 26.2 Å². The van der Waals surface area contributed by atoms with E-state index in [1.807, 2.05) is 11.8 Å². The maximum Gasteiger partial charge on any atom is 0.233 e. The first-order chi connectivity index (χ1) is 9.99. The molecule has 0 aromatic heterocycles. The van der Waals surface area contributed by atoms with Crippen LogP contribution in [0.15, 0.2) is 23.1 Å². The number of hydrogen-bond donors (Lipinski definition) is 1. The van der Waals surface area contributed by atoms with Gasteiger partial charge in [0.25, 0.3) is 0 Å². The maximum absolute atomic E-state index is 13.1. The third-order valence-electron chi connectivity index (χ3n) is 3.73. The predicted octanol–water partition coefficient (Wildman–Crippen LogP) is 2.79. The number of hydrogen-bond acceptors (Lipinski definition) is 3. The molecule has 3 nitrogen and oxygen atoms in total. The second-order valence-corrected chi connectivity index (χ2v) is 6.42. The summed E-state index contributed by atoms with van der Waals surface area (Å²) in [7, 11) is 0. The van der Waals surface area contributed by atoms with E-state index in [1.165, 1.54) is 17.8 Å². The van der Waals surface area contributed by atoms with E-state index < -0.39 is 11.6 Å². The normalized spacial score (nSPS) is 20.4. The number of carbonyl (C=O) groups is 1. The summed E-state index contributed by atoms with van der Waals surface area (Å²) in [6.45, 7) is 2.64. The van der Waals surface area contributed by atoms with Crippen molar-refractivity contribution in [1.82, 2.24) is 4.90 Å². The van der Waals surface area contributed by atoms with Gasteiger partial charge < -0.3 is 10.6 Å². The number of halogens is 2. The zero-order valence-corrected chi connectivity index (χ0v) is 12.8. The van der Waals surface area contributed by atoms with Crippen molar-refractivity contribution in [2.75, 3.05) is 12.3 Å². The minimum absolute atomic E-state index is 0.00623. The van der Waals surface area contributed by atoms with E-state index in [1.54, 1.807) is 0 Å². The van der Waals surface area contributed by atoms with Gasteiger partial charge in [-0.05, 0) is 44.4 Å². The first-order valence-electron chi connectivity index (χ1n) is 7.12. The average molecular weight is 314 g/mol. The number of benzene rings is 1. The molecule has 0 saturated carbocycles. The van der Waals surface area contributed by atoms with Gasteiger partial charge in [-0.1, -0.05) is 0 Å². The highest BCUT2D eigenvalue weighted by molar-refractivity contribution is 8.00. The monoisotopic (exact) mass is 314 g/mol. The highest BCUT2D eigenvalue weighted by atomic mass is 32.2. The first-order valence-corrected chi connectivity index (χ1v) is 8.10. The van der Waals surface area contributed by atoms with Gasteiger partial charge in [-0.15, -0.1) is 11.8 Å². The van der Waals surface area contributed by atoms with Gasteiger partial charge in [0, 0.05) is 23.5 Å². The van der Waals surface area contributed by atoms with E-state index in [-0.39, 0.29) is 23.7 Å². The standard InChI is InChI=1S/C15H20F2N2OS/c1-10(18)14-4-2-3-7-19(14)15(20)9-21-11-5-6-12(16)13(17)8-11/h5-6,8,10,14H,2-4,7,9,18H2,1H3. The number of rotatable bonds is 4. The van der Waals surface area contributed by atoms with E-state index in [9.17, 15) is 13.6 Å². The molecular formula is C15H20F2N2OS. The van der Waals surface area contributed by atoms with Crippen LogP contribution in [0, 0.1) is 11.6 Å². The number of piperidine rings is 1. The number of carbonyl (C=O) groups excluding carboxylic acids is 1. The average Bonchev–Trinajstić information content (AvgIpc) is 2.48. The first kappa shape index (κ1) is 16.2. The van der Waals surface area contributed by atoms with Crippen molar-refractivity contribution >= 4 is 17.7 Å². The fourth-order valence-corrected chi connectivity index (χ4v) is 3.42. The molecule has 6 heteroatoms. The summed E-state index contributed by atoms with van der Waals surface area (Å²) in [6, 6.07) is 3.70. The van der Waals surface area contributed by atoms with Crippen molar-refractivity contribution in [2.45, 2.75) is 43.2 Å². The summed E-state index contributed by atoms with van der Waals surface area (Å²) in [6.07, 6.45) is 3.01. The molecule has 116 valence electrons. The fourth-order valence-electron chi connectivity index (χ4n) is 2.61. The number of nitrogens with zero attached hydrogens (tertiary/aromatic N) is 1. The Hall–Kier alpha value is -1.14. The van der Waals surface area contributed by atoms with Gasteiger partial charge in [0.15, 0.2) is 11.6 Å². The van der Waals surface area contributed by atoms with Crippen LogP contribution in [0.3, 0.4) is 0 Å². The van der Waals surface area contributed by atoms with Crippen molar-refractivity contribution in [3.05, 3.63) is 29.8 Å². The second kappa shape index (κ2) is 7.22. The summed E-state index contributed by atoms with van der Waals surface area (Å²) in [4.78, 5) is 14.7. The molecule has 2 unspecified atom stereocenters. The Kier molecular flexibility index (Phi) is 5.58. The maximum atomic E-state index is 13.1. The van der Waals surface area contributed by atoms with E-state index in [0.717, 1.165) is 37.9 Å². The lowest BCUT2D eigenvalue weighted by molar-refractivity contribution is -0.132. The lowest BCUT2D eigenvalue weighted by Crippen LogP contribution is -2.52. The minimum Gasteiger partial charge on any atom is -0.337 e. The predicted molar refractivity (Wildman–Crippen MR) is 80.1 cm³/mol. The molecule has 1 aliphatic rings. The Morgan fingerprint density at radius 3 is 2.86 bits per heavy atom. The largest absolute Gasteiger partial charge is 0.337 e. The van der Waals surface area contributed by atoms with Gasteiger partial charge in [-0.2, -0.15) is 0 Å². The van der Waals surface area contributed by atoms with Gasteiger partial charge in [0.1, 0.15) is 0 Å². The molecule has 0 radical (unpaired) electrons. The van der Waals surface area contributed by atoms with E-state index in [4.69, 9.17) is 5.73 Å². The van der Waals surface area contributed by atoms with Crippen molar-refractivity contribution in [3.8, 4) is 0 Å². The Labute approximate surface area is 127 Å². The lowest BCUT2D eigenvalue weighted by Gasteiger charge is -2.38. The third kappa shape index (κ3) is 4.17. The van der Waals surface area contributed by atoms with Crippen LogP contribution in [0.4, 0.5) is 8.78 Å². The van der Waals surface area contributed by atoms with Crippen LogP contribution < -0.4 is 5.73 Å². The highest BCUT2D eigenvalue weighted by Crippen LogP contribution is 2.24. The quantitative estimate of drug-likeness (QED) is 0.869. The van der Waals surface area contributed by atoms with Crippen LogP contribution in [0.2, 0.25) is 0 Å². The summed E-state index contributed by atoms with van der Waals surface area (Å²) in [5.41, 5.74) is 5.95. The molecule has 1 fully saturated rings. The summed E-state index contributed by atoms with van der Waals surface area (Å²) in [5.74, 6) is -1.54. The molecule has 0 aliphatic carbocycles. The summed E-state index contributed by atoms with van der Waals surface area (Å²) >= 11 is 1.22. The number of nitrogens with two attached hydrogens (primary N) is 1. The molecule has 1 amide bonds. The second-order valence-electron chi connectivity index (χ2n) is 5.37. The number of likely N-dealkylation sites (tertiary alicyclic amines) is 1. The zero-order chi connectivity index (χ0) is 15.4. The molecule has 1 saturated heterocycles. The van der Waals surface area contributed by atoms with Gasteiger partial charge in [0.05, 0.1) is 5.75 Å². The van der Waals surface area contributed by atoms with Crippen LogP contribution in [-0.4, -0.2) is 35.2 Å². The third-order valence-corrected chi connectivity index (χ3v) is 4.71. The Bertz CT molecular complexity index is 510. The Morgan fingerprint density at radius 1 is 1.43 bits per heavy atom. The number of thioether (sulfide) groups is 1. The molecule has 1 heterocycles. The molecule has 2 atom stereocenters. The topological polar surface area (TPSA) is 46.3 Å². The molecule has 0 bridgehead atoms. The Balaban J connectivity index is 1.95. The molecule has 2 rings (SSSR count). The summed E-state index contributed by atoms with van der Waals surface area (Å²) in [5, 5.41) is 0. The molecule has 1 aromatic carbocycles. The Morgan fingerprint density at radius 2 is 2.19 bits per heavy atom. The molecule has 2 N–H and O–H groups in total. The SMILES string of the molecule is CC(N)C1CCCCN1C(=O)CSc1ccc(F)c(F)c1.